The summed E-state index contributed by atoms with van der Waals surface area (Å²) < 4.78 is 11.9. The van der Waals surface area contributed by atoms with Crippen molar-refractivity contribution in [3.63, 3.8) is 0 Å². The van der Waals surface area contributed by atoms with Crippen LogP contribution in [0.5, 0.6) is 11.5 Å². The summed E-state index contributed by atoms with van der Waals surface area (Å²) in [7, 11) is 0. The molecule has 0 radical (unpaired) electrons. The van der Waals surface area contributed by atoms with Gasteiger partial charge in [0.15, 0.2) is 16.7 Å². The predicted octanol–water partition coefficient (Wildman–Crippen LogP) is 8.68. The Balaban J connectivity index is 1.57. The van der Waals surface area contributed by atoms with Gasteiger partial charge in [0, 0.05) is 6.54 Å². The molecule has 1 saturated heterocycles. The van der Waals surface area contributed by atoms with Gasteiger partial charge in [0.2, 0.25) is 0 Å². The molecule has 0 N–H and O–H groups in total. The van der Waals surface area contributed by atoms with Gasteiger partial charge in [-0.25, -0.2) is 4.99 Å². The monoisotopic (exact) mass is 568 g/mol. The SMILES string of the molecule is CCCCN1C(=O)/C(=C\c2ccc(OCc3ccc(Cl)c(Cl)c3)c(OCC)c2)SC1=Nc1ccc(C)cc1. The van der Waals surface area contributed by atoms with Crippen molar-refractivity contribution in [3.05, 3.63) is 92.3 Å². The molecule has 0 atom stereocenters. The molecule has 5 nitrogen and oxygen atoms in total. The fraction of sp³-hybridized carbons (Fsp3) is 0.267. The van der Waals surface area contributed by atoms with E-state index in [1.54, 1.807) is 17.0 Å². The van der Waals surface area contributed by atoms with Crippen molar-refractivity contribution in [1.82, 2.24) is 4.90 Å². The Morgan fingerprint density at radius 2 is 1.74 bits per heavy atom. The van der Waals surface area contributed by atoms with Gasteiger partial charge in [0.25, 0.3) is 5.91 Å². The lowest BCUT2D eigenvalue weighted by molar-refractivity contribution is -0.122. The van der Waals surface area contributed by atoms with Crippen LogP contribution in [0.15, 0.2) is 70.6 Å². The number of hydrogen-bond donors (Lipinski definition) is 0. The molecule has 1 aliphatic rings. The predicted molar refractivity (Wildman–Crippen MR) is 159 cm³/mol. The highest BCUT2D eigenvalue weighted by atomic mass is 35.5. The number of benzene rings is 3. The van der Waals surface area contributed by atoms with Gasteiger partial charge < -0.3 is 9.47 Å². The van der Waals surface area contributed by atoms with Crippen molar-refractivity contribution in [3.8, 4) is 11.5 Å². The van der Waals surface area contributed by atoms with Gasteiger partial charge in [-0.3, -0.25) is 9.69 Å². The van der Waals surface area contributed by atoms with Gasteiger partial charge in [0.1, 0.15) is 6.61 Å². The maximum absolute atomic E-state index is 13.3. The zero-order valence-corrected chi connectivity index (χ0v) is 24.0. The van der Waals surface area contributed by atoms with E-state index in [2.05, 4.69) is 6.92 Å². The van der Waals surface area contributed by atoms with Gasteiger partial charge in [-0.2, -0.15) is 0 Å². The number of rotatable bonds is 10. The lowest BCUT2D eigenvalue weighted by atomic mass is 10.1. The minimum Gasteiger partial charge on any atom is -0.490 e. The van der Waals surface area contributed by atoms with E-state index < -0.39 is 0 Å². The van der Waals surface area contributed by atoms with Crippen molar-refractivity contribution in [2.24, 2.45) is 4.99 Å². The molecule has 1 fully saturated rings. The van der Waals surface area contributed by atoms with Gasteiger partial charge >= 0.3 is 0 Å². The molecule has 1 heterocycles. The number of halogens is 2. The molecule has 1 amide bonds. The molecule has 1 aliphatic heterocycles. The molecule has 0 unspecified atom stereocenters. The third kappa shape index (κ3) is 7.13. The van der Waals surface area contributed by atoms with Crippen LogP contribution in [0.2, 0.25) is 10.0 Å². The summed E-state index contributed by atoms with van der Waals surface area (Å²) in [6.45, 7) is 7.51. The number of amides is 1. The number of hydrogen-bond acceptors (Lipinski definition) is 5. The second kappa shape index (κ2) is 13.2. The van der Waals surface area contributed by atoms with Gasteiger partial charge in [-0.05, 0) is 85.6 Å². The average molecular weight is 570 g/mol. The van der Waals surface area contributed by atoms with Crippen molar-refractivity contribution in [2.75, 3.05) is 13.2 Å². The number of aryl methyl sites for hydroxylation is 1. The summed E-state index contributed by atoms with van der Waals surface area (Å²) in [6, 6.07) is 19.0. The molecular formula is C30H30Cl2N2O3S. The van der Waals surface area contributed by atoms with Crippen LogP contribution in [-0.2, 0) is 11.4 Å². The van der Waals surface area contributed by atoms with E-state index in [4.69, 9.17) is 37.7 Å². The fourth-order valence-electron chi connectivity index (χ4n) is 3.78. The second-order valence-corrected chi connectivity index (χ2v) is 10.7. The van der Waals surface area contributed by atoms with Crippen molar-refractivity contribution in [1.29, 1.82) is 0 Å². The van der Waals surface area contributed by atoms with Crippen LogP contribution >= 0.6 is 35.0 Å². The summed E-state index contributed by atoms with van der Waals surface area (Å²) in [5.74, 6) is 1.18. The molecule has 0 aliphatic carbocycles. The molecule has 3 aromatic carbocycles. The van der Waals surface area contributed by atoms with Crippen molar-refractivity contribution < 1.29 is 14.3 Å². The zero-order chi connectivity index (χ0) is 27.1. The molecule has 198 valence electrons. The summed E-state index contributed by atoms with van der Waals surface area (Å²) in [5.41, 5.74) is 3.74. The van der Waals surface area contributed by atoms with E-state index >= 15 is 0 Å². The van der Waals surface area contributed by atoms with Crippen LogP contribution in [0, 0.1) is 6.92 Å². The minimum atomic E-state index is -0.0350. The van der Waals surface area contributed by atoms with Crippen LogP contribution in [0.1, 0.15) is 43.4 Å². The lowest BCUT2D eigenvalue weighted by Gasteiger charge is -2.15. The Hall–Kier alpha value is -2.93. The first-order valence-electron chi connectivity index (χ1n) is 12.6. The fourth-order valence-corrected chi connectivity index (χ4v) is 5.12. The number of carbonyl (C=O) groups is 1. The summed E-state index contributed by atoms with van der Waals surface area (Å²) in [5, 5.41) is 1.68. The summed E-state index contributed by atoms with van der Waals surface area (Å²) in [4.78, 5) is 20.5. The number of nitrogens with zero attached hydrogens (tertiary/aromatic N) is 2. The Morgan fingerprint density at radius 1 is 0.947 bits per heavy atom. The molecule has 0 aromatic heterocycles. The van der Waals surface area contributed by atoms with Crippen LogP contribution in [0.3, 0.4) is 0 Å². The first-order valence-corrected chi connectivity index (χ1v) is 14.2. The standard InChI is InChI=1S/C30H30Cl2N2O3S/c1-4-6-15-34-29(35)28(38-30(34)33-23-11-7-20(3)8-12-23)18-21-10-14-26(27(17-21)36-5-2)37-19-22-9-13-24(31)25(32)16-22/h7-14,16-18H,4-6,15,19H2,1-3H3/b28-18+,33-30?. The van der Waals surface area contributed by atoms with Crippen LogP contribution in [-0.4, -0.2) is 29.1 Å². The second-order valence-electron chi connectivity index (χ2n) is 8.83. The first kappa shape index (κ1) is 28.1. The minimum absolute atomic E-state index is 0.0350. The number of unbranched alkanes of at least 4 members (excludes halogenated alkanes) is 1. The average Bonchev–Trinajstić information content (AvgIpc) is 3.19. The molecule has 38 heavy (non-hydrogen) atoms. The molecule has 0 bridgehead atoms. The van der Waals surface area contributed by atoms with Gasteiger partial charge in [0.05, 0.1) is 27.2 Å². The maximum Gasteiger partial charge on any atom is 0.266 e. The van der Waals surface area contributed by atoms with Crippen LogP contribution in [0.4, 0.5) is 5.69 Å². The Morgan fingerprint density at radius 3 is 2.45 bits per heavy atom. The van der Waals surface area contributed by atoms with Crippen LogP contribution < -0.4 is 9.47 Å². The van der Waals surface area contributed by atoms with Gasteiger partial charge in [-0.1, -0.05) is 66.4 Å². The summed E-state index contributed by atoms with van der Waals surface area (Å²) >= 11 is 13.5. The van der Waals surface area contributed by atoms with Crippen molar-refractivity contribution in [2.45, 2.75) is 40.2 Å². The molecule has 0 saturated carbocycles. The first-order chi connectivity index (χ1) is 18.4. The molecule has 3 aromatic rings. The number of ether oxygens (including phenoxy) is 2. The Bertz CT molecular complexity index is 1360. The number of amidine groups is 1. The quantitative estimate of drug-likeness (QED) is 0.229. The maximum atomic E-state index is 13.3. The highest BCUT2D eigenvalue weighted by molar-refractivity contribution is 8.18. The highest BCUT2D eigenvalue weighted by Crippen LogP contribution is 2.36. The molecule has 4 rings (SSSR count). The number of thioether (sulfide) groups is 1. The number of aliphatic imine (C=N–C) groups is 1. The Kier molecular flexibility index (Phi) is 9.78. The van der Waals surface area contributed by atoms with Gasteiger partial charge in [-0.15, -0.1) is 0 Å². The van der Waals surface area contributed by atoms with E-state index in [0.29, 0.717) is 51.4 Å². The van der Waals surface area contributed by atoms with E-state index in [0.717, 1.165) is 29.7 Å². The largest absolute Gasteiger partial charge is 0.490 e. The van der Waals surface area contributed by atoms with E-state index in [1.165, 1.54) is 17.3 Å². The zero-order valence-electron chi connectivity index (χ0n) is 21.7. The lowest BCUT2D eigenvalue weighted by Crippen LogP contribution is -2.30. The smallest absolute Gasteiger partial charge is 0.266 e. The van der Waals surface area contributed by atoms with Crippen LogP contribution in [0.25, 0.3) is 6.08 Å². The van der Waals surface area contributed by atoms with E-state index in [9.17, 15) is 4.79 Å². The van der Waals surface area contributed by atoms with Crippen molar-refractivity contribution >= 4 is 57.8 Å². The Labute approximate surface area is 238 Å². The van der Waals surface area contributed by atoms with E-state index in [-0.39, 0.29) is 5.91 Å². The highest BCUT2D eigenvalue weighted by Gasteiger charge is 2.33. The molecule has 0 spiro atoms. The normalized spacial score (nSPS) is 15.5. The third-order valence-corrected chi connectivity index (χ3v) is 7.57. The topological polar surface area (TPSA) is 51.1 Å². The molecule has 8 heteroatoms. The molecular weight excluding hydrogens is 539 g/mol. The summed E-state index contributed by atoms with van der Waals surface area (Å²) in [6.07, 6.45) is 3.79. The van der Waals surface area contributed by atoms with E-state index in [1.807, 2.05) is 68.5 Å². The third-order valence-electron chi connectivity index (χ3n) is 5.83. The number of carbonyl (C=O) groups excluding carboxylic acids is 1.